The lowest BCUT2D eigenvalue weighted by Gasteiger charge is -2.16. The van der Waals surface area contributed by atoms with Crippen LogP contribution in [0.15, 0.2) is 30.5 Å². The van der Waals surface area contributed by atoms with E-state index in [4.69, 9.17) is 0 Å². The zero-order valence-electron chi connectivity index (χ0n) is 12.4. The number of ether oxygens (including phenoxy) is 1. The molecular weight excluding hydrogens is 280 g/mol. The van der Waals surface area contributed by atoms with E-state index in [0.29, 0.717) is 5.95 Å². The number of esters is 1. The first-order chi connectivity index (χ1) is 10.7. The quantitative estimate of drug-likeness (QED) is 0.835. The number of fused-ring (bicyclic) bond motifs is 1. The molecule has 114 valence electrons. The first-order valence-corrected chi connectivity index (χ1v) is 7.23. The predicted octanol–water partition coefficient (Wildman–Crippen LogP) is 1.58. The standard InChI is InChI=1S/C16H18N4O2/c1-22-15(21)8-11-2-4-13(5-3-11)19-16-18-9-12-6-7-17-10-14(12)20-16/h2-5,9,17H,6-8,10H2,1H3,(H,18,19,20). The van der Waals surface area contributed by atoms with Gasteiger partial charge in [0.25, 0.3) is 0 Å². The van der Waals surface area contributed by atoms with Crippen molar-refractivity contribution >= 4 is 17.6 Å². The monoisotopic (exact) mass is 298 g/mol. The van der Waals surface area contributed by atoms with Crippen molar-refractivity contribution in [2.75, 3.05) is 19.0 Å². The highest BCUT2D eigenvalue weighted by atomic mass is 16.5. The molecule has 0 aliphatic carbocycles. The van der Waals surface area contributed by atoms with Crippen molar-refractivity contribution in [2.45, 2.75) is 19.4 Å². The molecule has 0 fully saturated rings. The number of carbonyl (C=O) groups is 1. The van der Waals surface area contributed by atoms with Crippen LogP contribution >= 0.6 is 0 Å². The molecule has 1 aliphatic rings. The Morgan fingerprint density at radius 2 is 2.18 bits per heavy atom. The highest BCUT2D eigenvalue weighted by Crippen LogP contribution is 2.17. The molecule has 1 aromatic heterocycles. The molecule has 6 nitrogen and oxygen atoms in total. The van der Waals surface area contributed by atoms with Gasteiger partial charge in [0.15, 0.2) is 0 Å². The van der Waals surface area contributed by atoms with Crippen molar-refractivity contribution in [3.05, 3.63) is 47.3 Å². The van der Waals surface area contributed by atoms with Crippen LogP contribution in [0.3, 0.4) is 0 Å². The van der Waals surface area contributed by atoms with Crippen LogP contribution in [-0.4, -0.2) is 29.6 Å². The number of hydrogen-bond acceptors (Lipinski definition) is 6. The fourth-order valence-corrected chi connectivity index (χ4v) is 2.37. The molecule has 0 atom stereocenters. The van der Waals surface area contributed by atoms with E-state index >= 15 is 0 Å². The number of methoxy groups -OCH3 is 1. The van der Waals surface area contributed by atoms with Crippen LogP contribution < -0.4 is 10.6 Å². The maximum atomic E-state index is 11.2. The summed E-state index contributed by atoms with van der Waals surface area (Å²) >= 11 is 0. The second-order valence-electron chi connectivity index (χ2n) is 5.17. The second kappa shape index (κ2) is 6.53. The molecule has 2 aromatic rings. The van der Waals surface area contributed by atoms with Gasteiger partial charge in [-0.15, -0.1) is 0 Å². The Hall–Kier alpha value is -2.47. The van der Waals surface area contributed by atoms with E-state index in [1.54, 1.807) is 0 Å². The Kier molecular flexibility index (Phi) is 4.29. The van der Waals surface area contributed by atoms with E-state index in [-0.39, 0.29) is 12.4 Å². The average molecular weight is 298 g/mol. The fraction of sp³-hybridized carbons (Fsp3) is 0.312. The van der Waals surface area contributed by atoms with Crippen molar-refractivity contribution < 1.29 is 9.53 Å². The Balaban J connectivity index is 1.69. The van der Waals surface area contributed by atoms with Gasteiger partial charge < -0.3 is 15.4 Å². The summed E-state index contributed by atoms with van der Waals surface area (Å²) in [4.78, 5) is 20.1. The molecule has 0 unspecified atom stereocenters. The number of aromatic nitrogens is 2. The van der Waals surface area contributed by atoms with E-state index in [9.17, 15) is 4.79 Å². The molecule has 1 aromatic carbocycles. The molecule has 6 heteroatoms. The fourth-order valence-electron chi connectivity index (χ4n) is 2.37. The van der Waals surface area contributed by atoms with Crippen LogP contribution in [0.25, 0.3) is 0 Å². The van der Waals surface area contributed by atoms with E-state index < -0.39 is 0 Å². The first-order valence-electron chi connectivity index (χ1n) is 7.23. The summed E-state index contributed by atoms with van der Waals surface area (Å²) in [7, 11) is 1.39. The van der Waals surface area contributed by atoms with Crippen LogP contribution in [0.2, 0.25) is 0 Å². The molecule has 0 amide bonds. The summed E-state index contributed by atoms with van der Waals surface area (Å²) in [6, 6.07) is 7.58. The minimum Gasteiger partial charge on any atom is -0.469 e. The first kappa shape index (κ1) is 14.5. The average Bonchev–Trinajstić information content (AvgIpc) is 2.56. The zero-order valence-corrected chi connectivity index (χ0v) is 12.4. The van der Waals surface area contributed by atoms with Gasteiger partial charge in [-0.2, -0.15) is 0 Å². The Labute approximate surface area is 128 Å². The van der Waals surface area contributed by atoms with Gasteiger partial charge in [-0.3, -0.25) is 4.79 Å². The van der Waals surface area contributed by atoms with E-state index in [1.165, 1.54) is 12.7 Å². The minimum absolute atomic E-state index is 0.244. The van der Waals surface area contributed by atoms with Gasteiger partial charge in [0.2, 0.25) is 5.95 Å². The van der Waals surface area contributed by atoms with Gasteiger partial charge in [-0.1, -0.05) is 12.1 Å². The highest BCUT2D eigenvalue weighted by Gasteiger charge is 2.11. The number of rotatable bonds is 4. The number of carbonyl (C=O) groups excluding carboxylic acids is 1. The Morgan fingerprint density at radius 1 is 1.36 bits per heavy atom. The molecule has 2 heterocycles. The van der Waals surface area contributed by atoms with Crippen LogP contribution in [0.4, 0.5) is 11.6 Å². The number of anilines is 2. The summed E-state index contributed by atoms with van der Waals surface area (Å²) in [6.07, 6.45) is 3.13. The van der Waals surface area contributed by atoms with E-state index in [0.717, 1.165) is 36.5 Å². The van der Waals surface area contributed by atoms with Crippen LogP contribution in [-0.2, 0) is 28.9 Å². The molecule has 22 heavy (non-hydrogen) atoms. The van der Waals surface area contributed by atoms with Gasteiger partial charge in [0.1, 0.15) is 0 Å². The van der Waals surface area contributed by atoms with Gasteiger partial charge >= 0.3 is 5.97 Å². The molecule has 0 saturated carbocycles. The van der Waals surface area contributed by atoms with Crippen molar-refractivity contribution in [1.29, 1.82) is 0 Å². The van der Waals surface area contributed by atoms with Crippen LogP contribution in [0.5, 0.6) is 0 Å². The Bertz CT molecular complexity index is 670. The van der Waals surface area contributed by atoms with Crippen molar-refractivity contribution in [1.82, 2.24) is 15.3 Å². The maximum absolute atomic E-state index is 11.2. The maximum Gasteiger partial charge on any atom is 0.309 e. The molecule has 3 rings (SSSR count). The SMILES string of the molecule is COC(=O)Cc1ccc(Nc2ncc3c(n2)CNCC3)cc1. The molecule has 1 aliphatic heterocycles. The summed E-state index contributed by atoms with van der Waals surface area (Å²) in [6.45, 7) is 1.76. The lowest BCUT2D eigenvalue weighted by molar-refractivity contribution is -0.139. The van der Waals surface area contributed by atoms with E-state index in [1.807, 2.05) is 30.5 Å². The molecule has 0 saturated heterocycles. The molecular formula is C16H18N4O2. The van der Waals surface area contributed by atoms with Crippen molar-refractivity contribution in [3.63, 3.8) is 0 Å². The third-order valence-electron chi connectivity index (χ3n) is 3.60. The van der Waals surface area contributed by atoms with Gasteiger partial charge in [0, 0.05) is 18.4 Å². The predicted molar refractivity (Wildman–Crippen MR) is 82.9 cm³/mol. The third kappa shape index (κ3) is 3.40. The molecule has 0 bridgehead atoms. The number of benzene rings is 1. The molecule has 2 N–H and O–H groups in total. The largest absolute Gasteiger partial charge is 0.469 e. The lowest BCUT2D eigenvalue weighted by Crippen LogP contribution is -2.25. The summed E-state index contributed by atoms with van der Waals surface area (Å²) in [5, 5.41) is 6.48. The number of nitrogens with zero attached hydrogens (tertiary/aromatic N) is 2. The molecule has 0 spiro atoms. The van der Waals surface area contributed by atoms with Gasteiger partial charge in [0.05, 0.1) is 19.2 Å². The van der Waals surface area contributed by atoms with Gasteiger partial charge in [-0.25, -0.2) is 9.97 Å². The lowest BCUT2D eigenvalue weighted by atomic mass is 10.1. The summed E-state index contributed by atoms with van der Waals surface area (Å²) in [5.74, 6) is 0.342. The Morgan fingerprint density at radius 3 is 2.95 bits per heavy atom. The summed E-state index contributed by atoms with van der Waals surface area (Å²) in [5.41, 5.74) is 4.05. The van der Waals surface area contributed by atoms with Crippen LogP contribution in [0.1, 0.15) is 16.8 Å². The second-order valence-corrected chi connectivity index (χ2v) is 5.17. The topological polar surface area (TPSA) is 76.1 Å². The zero-order chi connectivity index (χ0) is 15.4. The minimum atomic E-state index is -0.244. The van der Waals surface area contributed by atoms with E-state index in [2.05, 4.69) is 25.3 Å². The van der Waals surface area contributed by atoms with Crippen molar-refractivity contribution in [3.8, 4) is 0 Å². The third-order valence-corrected chi connectivity index (χ3v) is 3.60. The number of nitrogens with one attached hydrogen (secondary N) is 2. The van der Waals surface area contributed by atoms with Crippen LogP contribution in [0, 0.1) is 0 Å². The smallest absolute Gasteiger partial charge is 0.309 e. The summed E-state index contributed by atoms with van der Waals surface area (Å²) < 4.78 is 4.65. The normalized spacial score (nSPS) is 13.3. The van der Waals surface area contributed by atoms with Crippen molar-refractivity contribution in [2.24, 2.45) is 0 Å². The number of hydrogen-bond donors (Lipinski definition) is 2. The van der Waals surface area contributed by atoms with Gasteiger partial charge in [-0.05, 0) is 36.2 Å². The highest BCUT2D eigenvalue weighted by molar-refractivity contribution is 5.72. The molecule has 0 radical (unpaired) electrons.